The molecule has 0 aromatic heterocycles. The zero-order valence-electron chi connectivity index (χ0n) is 10.5. The summed E-state index contributed by atoms with van der Waals surface area (Å²) >= 11 is 5.58. The van der Waals surface area contributed by atoms with Crippen molar-refractivity contribution in [2.75, 3.05) is 32.1 Å². The predicted octanol–water partition coefficient (Wildman–Crippen LogP) is 1.48. The first-order chi connectivity index (χ1) is 8.15. The second-order valence-electron chi connectivity index (χ2n) is 4.39. The minimum Gasteiger partial charge on any atom is -0.341 e. The largest absolute Gasteiger partial charge is 0.341 e. The van der Waals surface area contributed by atoms with Gasteiger partial charge in [-0.3, -0.25) is 9.59 Å². The van der Waals surface area contributed by atoms with Crippen LogP contribution in [0, 0.1) is 0 Å². The first-order valence-corrected chi connectivity index (χ1v) is 6.78. The Hall–Kier alpha value is -0.770. The Morgan fingerprint density at radius 3 is 2.35 bits per heavy atom. The van der Waals surface area contributed by atoms with Crippen LogP contribution in [-0.2, 0) is 9.59 Å². The van der Waals surface area contributed by atoms with Gasteiger partial charge in [0.1, 0.15) is 0 Å². The van der Waals surface area contributed by atoms with Crippen LogP contribution in [0.25, 0.3) is 0 Å². The normalized spacial score (nSPS) is 16.8. The number of nitrogens with zero attached hydrogens (tertiary/aromatic N) is 2. The van der Waals surface area contributed by atoms with Crippen molar-refractivity contribution in [2.24, 2.45) is 0 Å². The lowest BCUT2D eigenvalue weighted by Gasteiger charge is -2.21. The lowest BCUT2D eigenvalue weighted by atomic mass is 10.2. The van der Waals surface area contributed by atoms with E-state index in [2.05, 4.69) is 0 Å². The zero-order chi connectivity index (χ0) is 12.7. The number of amides is 2. The molecule has 0 N–H and O–H groups in total. The summed E-state index contributed by atoms with van der Waals surface area (Å²) in [6, 6.07) is 0. The Labute approximate surface area is 108 Å². The molecule has 1 aliphatic rings. The minimum atomic E-state index is 0.0986. The van der Waals surface area contributed by atoms with Crippen LogP contribution in [0.15, 0.2) is 0 Å². The Bertz CT molecular complexity index is 271. The molecule has 0 unspecified atom stereocenters. The van der Waals surface area contributed by atoms with Crippen LogP contribution < -0.4 is 0 Å². The monoisotopic (exact) mass is 260 g/mol. The van der Waals surface area contributed by atoms with E-state index in [0.717, 1.165) is 32.4 Å². The van der Waals surface area contributed by atoms with Gasteiger partial charge < -0.3 is 9.80 Å². The van der Waals surface area contributed by atoms with Gasteiger partial charge >= 0.3 is 0 Å². The highest BCUT2D eigenvalue weighted by atomic mass is 35.5. The molecule has 17 heavy (non-hydrogen) atoms. The van der Waals surface area contributed by atoms with Crippen LogP contribution in [0.1, 0.15) is 32.6 Å². The molecule has 1 rings (SSSR count). The quantitative estimate of drug-likeness (QED) is 0.567. The maximum atomic E-state index is 11.9. The maximum Gasteiger partial charge on any atom is 0.222 e. The van der Waals surface area contributed by atoms with Crippen molar-refractivity contribution >= 4 is 23.4 Å². The van der Waals surface area contributed by atoms with Gasteiger partial charge in [-0.2, -0.15) is 0 Å². The van der Waals surface area contributed by atoms with E-state index in [-0.39, 0.29) is 11.8 Å². The van der Waals surface area contributed by atoms with E-state index >= 15 is 0 Å². The van der Waals surface area contributed by atoms with Crippen molar-refractivity contribution in [3.05, 3.63) is 0 Å². The fourth-order valence-electron chi connectivity index (χ4n) is 2.01. The summed E-state index contributed by atoms with van der Waals surface area (Å²) in [4.78, 5) is 26.8. The molecular formula is C12H21ClN2O2. The predicted molar refractivity (Wildman–Crippen MR) is 68.0 cm³/mol. The van der Waals surface area contributed by atoms with Crippen LogP contribution in [0.3, 0.4) is 0 Å². The molecule has 0 aromatic rings. The van der Waals surface area contributed by atoms with Gasteiger partial charge in [-0.05, 0) is 19.3 Å². The lowest BCUT2D eigenvalue weighted by Crippen LogP contribution is -2.36. The lowest BCUT2D eigenvalue weighted by molar-refractivity contribution is -0.132. The van der Waals surface area contributed by atoms with Gasteiger partial charge in [0.25, 0.3) is 0 Å². The van der Waals surface area contributed by atoms with Crippen LogP contribution in [0.4, 0.5) is 0 Å². The third kappa shape index (κ3) is 4.94. The Morgan fingerprint density at radius 1 is 1.06 bits per heavy atom. The Kier molecular flexibility index (Phi) is 6.34. The van der Waals surface area contributed by atoms with Crippen molar-refractivity contribution in [3.63, 3.8) is 0 Å². The third-order valence-corrected chi connectivity index (χ3v) is 3.34. The molecule has 0 spiro atoms. The number of rotatable bonds is 4. The van der Waals surface area contributed by atoms with Crippen molar-refractivity contribution < 1.29 is 9.59 Å². The molecule has 0 aromatic carbocycles. The van der Waals surface area contributed by atoms with Crippen molar-refractivity contribution in [1.82, 2.24) is 9.80 Å². The van der Waals surface area contributed by atoms with Crippen molar-refractivity contribution in [2.45, 2.75) is 32.6 Å². The summed E-state index contributed by atoms with van der Waals surface area (Å²) in [5.74, 6) is 0.910. The molecule has 0 bridgehead atoms. The van der Waals surface area contributed by atoms with E-state index in [1.54, 1.807) is 6.92 Å². The van der Waals surface area contributed by atoms with Gasteiger partial charge in [0, 0.05) is 45.4 Å². The molecule has 1 fully saturated rings. The van der Waals surface area contributed by atoms with Crippen molar-refractivity contribution in [3.8, 4) is 0 Å². The number of alkyl halides is 1. The minimum absolute atomic E-state index is 0.0986. The van der Waals surface area contributed by atoms with Crippen LogP contribution in [0.2, 0.25) is 0 Å². The molecule has 5 heteroatoms. The second-order valence-corrected chi connectivity index (χ2v) is 4.76. The molecule has 0 atom stereocenters. The van der Waals surface area contributed by atoms with E-state index < -0.39 is 0 Å². The highest BCUT2D eigenvalue weighted by Crippen LogP contribution is 2.07. The van der Waals surface area contributed by atoms with E-state index in [1.165, 1.54) is 0 Å². The summed E-state index contributed by atoms with van der Waals surface area (Å²) in [6.45, 7) is 4.44. The van der Waals surface area contributed by atoms with Crippen molar-refractivity contribution in [1.29, 1.82) is 0 Å². The van der Waals surface area contributed by atoms with E-state index in [0.29, 0.717) is 25.4 Å². The first-order valence-electron chi connectivity index (χ1n) is 6.24. The molecule has 1 aliphatic heterocycles. The molecule has 4 nitrogen and oxygen atoms in total. The van der Waals surface area contributed by atoms with Crippen LogP contribution in [-0.4, -0.2) is 53.7 Å². The van der Waals surface area contributed by atoms with Gasteiger partial charge in [0.2, 0.25) is 11.8 Å². The number of carbonyl (C=O) groups is 2. The summed E-state index contributed by atoms with van der Waals surface area (Å²) < 4.78 is 0. The molecule has 1 saturated heterocycles. The van der Waals surface area contributed by atoms with Crippen LogP contribution >= 0.6 is 11.6 Å². The Balaban J connectivity index is 2.34. The average Bonchev–Trinajstić information content (AvgIpc) is 2.54. The summed E-state index contributed by atoms with van der Waals surface area (Å²) in [7, 11) is 0. The second kappa shape index (κ2) is 7.54. The Morgan fingerprint density at radius 2 is 1.71 bits per heavy atom. The fraction of sp³-hybridized carbons (Fsp3) is 0.833. The van der Waals surface area contributed by atoms with Gasteiger partial charge in [0.15, 0.2) is 0 Å². The fourth-order valence-corrected chi connectivity index (χ4v) is 2.20. The third-order valence-electron chi connectivity index (χ3n) is 3.07. The molecule has 0 aliphatic carbocycles. The van der Waals surface area contributed by atoms with Gasteiger partial charge in [0.05, 0.1) is 0 Å². The first kappa shape index (κ1) is 14.3. The highest BCUT2D eigenvalue weighted by molar-refractivity contribution is 6.17. The molecule has 2 amide bonds. The van der Waals surface area contributed by atoms with Gasteiger partial charge in [-0.25, -0.2) is 0 Å². The molecule has 0 radical (unpaired) electrons. The van der Waals surface area contributed by atoms with Crippen LogP contribution in [0.5, 0.6) is 0 Å². The SMILES string of the molecule is CC(=O)N1CCCN(C(=O)CCCCCl)CC1. The number of halogens is 1. The molecular weight excluding hydrogens is 240 g/mol. The highest BCUT2D eigenvalue weighted by Gasteiger charge is 2.19. The van der Waals surface area contributed by atoms with E-state index in [9.17, 15) is 9.59 Å². The standard InChI is InChI=1S/C12H21ClN2O2/c1-11(16)14-7-4-8-15(10-9-14)12(17)5-2-3-6-13/h2-10H2,1H3. The zero-order valence-corrected chi connectivity index (χ0v) is 11.2. The van der Waals surface area contributed by atoms with E-state index in [1.807, 2.05) is 9.80 Å². The number of carbonyl (C=O) groups excluding carboxylic acids is 2. The number of hydrogen-bond acceptors (Lipinski definition) is 2. The number of hydrogen-bond donors (Lipinski definition) is 0. The average molecular weight is 261 g/mol. The van der Waals surface area contributed by atoms with E-state index in [4.69, 9.17) is 11.6 Å². The summed E-state index contributed by atoms with van der Waals surface area (Å²) in [5.41, 5.74) is 0. The van der Waals surface area contributed by atoms with Gasteiger partial charge in [-0.1, -0.05) is 0 Å². The summed E-state index contributed by atoms with van der Waals surface area (Å²) in [6.07, 6.45) is 3.20. The van der Waals surface area contributed by atoms with Gasteiger partial charge in [-0.15, -0.1) is 11.6 Å². The topological polar surface area (TPSA) is 40.6 Å². The molecule has 98 valence electrons. The summed E-state index contributed by atoms with van der Waals surface area (Å²) in [5, 5.41) is 0. The molecule has 1 heterocycles. The maximum absolute atomic E-state index is 11.9. The number of unbranched alkanes of at least 4 members (excludes halogenated alkanes) is 1. The smallest absolute Gasteiger partial charge is 0.222 e. The molecule has 0 saturated carbocycles.